The maximum atomic E-state index is 10.0. The number of hydrogen-bond acceptors (Lipinski definition) is 4. The largest absolute Gasteiger partial charge is 0.496 e. The van der Waals surface area contributed by atoms with Crippen molar-refractivity contribution >= 4 is 0 Å². The molecule has 1 unspecified atom stereocenters. The van der Waals surface area contributed by atoms with Crippen molar-refractivity contribution < 1.29 is 9.84 Å². The molecule has 1 aliphatic rings. The molecule has 1 aliphatic heterocycles. The molecule has 0 aliphatic carbocycles. The predicted molar refractivity (Wildman–Crippen MR) is 81.1 cm³/mol. The Morgan fingerprint density at radius 1 is 1.35 bits per heavy atom. The number of nitrogens with zero attached hydrogens (tertiary/aromatic N) is 1. The molecule has 1 heterocycles. The highest BCUT2D eigenvalue weighted by Crippen LogP contribution is 2.19. The van der Waals surface area contributed by atoms with E-state index in [0.717, 1.165) is 37.5 Å². The highest BCUT2D eigenvalue weighted by Gasteiger charge is 2.15. The van der Waals surface area contributed by atoms with Crippen molar-refractivity contribution in [1.82, 2.24) is 10.2 Å². The molecule has 2 rings (SSSR count). The predicted octanol–water partition coefficient (Wildman–Crippen LogP) is 1.55. The van der Waals surface area contributed by atoms with Gasteiger partial charge in [-0.1, -0.05) is 17.7 Å². The van der Waals surface area contributed by atoms with E-state index < -0.39 is 0 Å². The van der Waals surface area contributed by atoms with Crippen LogP contribution in [-0.2, 0) is 6.54 Å². The maximum absolute atomic E-state index is 10.0. The molecular weight excluding hydrogens is 252 g/mol. The Bertz CT molecular complexity index is 417. The summed E-state index contributed by atoms with van der Waals surface area (Å²) in [6, 6.07) is 6.16. The Balaban J connectivity index is 1.75. The van der Waals surface area contributed by atoms with Crippen LogP contribution in [0.4, 0.5) is 0 Å². The van der Waals surface area contributed by atoms with Crippen LogP contribution >= 0.6 is 0 Å². The number of likely N-dealkylation sites (tertiary alicyclic amines) is 1. The van der Waals surface area contributed by atoms with E-state index in [1.54, 1.807) is 7.11 Å². The Hall–Kier alpha value is -1.10. The zero-order chi connectivity index (χ0) is 14.4. The number of nitrogens with one attached hydrogen (secondary N) is 1. The van der Waals surface area contributed by atoms with Crippen molar-refractivity contribution in [1.29, 1.82) is 0 Å². The van der Waals surface area contributed by atoms with Crippen LogP contribution < -0.4 is 10.1 Å². The number of aliphatic hydroxyl groups excluding tert-OH is 1. The summed E-state index contributed by atoms with van der Waals surface area (Å²) >= 11 is 0. The van der Waals surface area contributed by atoms with Crippen LogP contribution in [0.3, 0.4) is 0 Å². The fourth-order valence-corrected chi connectivity index (χ4v) is 2.75. The third-order valence-corrected chi connectivity index (χ3v) is 3.80. The molecule has 4 heteroatoms. The summed E-state index contributed by atoms with van der Waals surface area (Å²) < 4.78 is 5.35. The maximum Gasteiger partial charge on any atom is 0.123 e. The fraction of sp³-hybridized carbons (Fsp3) is 0.625. The third kappa shape index (κ3) is 4.47. The second-order valence-corrected chi connectivity index (χ2v) is 5.61. The fourth-order valence-electron chi connectivity index (χ4n) is 2.75. The molecule has 20 heavy (non-hydrogen) atoms. The van der Waals surface area contributed by atoms with Crippen LogP contribution in [0.15, 0.2) is 18.2 Å². The van der Waals surface area contributed by atoms with Crippen molar-refractivity contribution in [2.75, 3.05) is 33.3 Å². The number of aryl methyl sites for hydroxylation is 1. The zero-order valence-corrected chi connectivity index (χ0v) is 12.6. The van der Waals surface area contributed by atoms with Gasteiger partial charge in [0.1, 0.15) is 5.75 Å². The molecule has 0 bridgehead atoms. The van der Waals surface area contributed by atoms with E-state index in [2.05, 4.69) is 23.2 Å². The molecule has 0 spiro atoms. The molecule has 0 radical (unpaired) electrons. The SMILES string of the molecule is COc1ccc(C)cc1CNCC(O)CN1CCCC1. The van der Waals surface area contributed by atoms with Gasteiger partial charge in [-0.2, -0.15) is 0 Å². The standard InChI is InChI=1S/C16H26N2O2/c1-13-5-6-16(20-2)14(9-13)10-17-11-15(19)12-18-7-3-4-8-18/h5-6,9,15,17,19H,3-4,7-8,10-12H2,1-2H3. The Morgan fingerprint density at radius 3 is 2.80 bits per heavy atom. The first-order valence-electron chi connectivity index (χ1n) is 7.43. The Kier molecular flexibility index (Phi) is 5.83. The summed E-state index contributed by atoms with van der Waals surface area (Å²) in [5.41, 5.74) is 2.36. The lowest BCUT2D eigenvalue weighted by Gasteiger charge is -2.20. The minimum absolute atomic E-state index is 0.302. The van der Waals surface area contributed by atoms with Gasteiger partial charge >= 0.3 is 0 Å². The van der Waals surface area contributed by atoms with Gasteiger partial charge in [-0.05, 0) is 38.9 Å². The van der Waals surface area contributed by atoms with E-state index in [-0.39, 0.29) is 6.10 Å². The molecule has 0 aromatic heterocycles. The van der Waals surface area contributed by atoms with Crippen LogP contribution in [0.25, 0.3) is 0 Å². The summed E-state index contributed by atoms with van der Waals surface area (Å²) in [5, 5.41) is 13.4. The molecule has 1 aromatic rings. The highest BCUT2D eigenvalue weighted by molar-refractivity contribution is 5.36. The van der Waals surface area contributed by atoms with Gasteiger partial charge in [-0.25, -0.2) is 0 Å². The van der Waals surface area contributed by atoms with E-state index in [0.29, 0.717) is 6.54 Å². The number of rotatable bonds is 7. The van der Waals surface area contributed by atoms with Crippen molar-refractivity contribution in [3.05, 3.63) is 29.3 Å². The Morgan fingerprint density at radius 2 is 2.10 bits per heavy atom. The van der Waals surface area contributed by atoms with Crippen LogP contribution in [0.2, 0.25) is 0 Å². The topological polar surface area (TPSA) is 44.7 Å². The average Bonchev–Trinajstić information content (AvgIpc) is 2.92. The minimum Gasteiger partial charge on any atom is -0.496 e. The summed E-state index contributed by atoms with van der Waals surface area (Å²) in [7, 11) is 1.69. The summed E-state index contributed by atoms with van der Waals surface area (Å²) in [6.07, 6.45) is 2.23. The number of methoxy groups -OCH3 is 1. The third-order valence-electron chi connectivity index (χ3n) is 3.80. The average molecular weight is 278 g/mol. The first-order valence-corrected chi connectivity index (χ1v) is 7.43. The second kappa shape index (κ2) is 7.62. The normalized spacial score (nSPS) is 17.4. The number of hydrogen-bond donors (Lipinski definition) is 2. The lowest BCUT2D eigenvalue weighted by Crippen LogP contribution is -2.36. The van der Waals surface area contributed by atoms with Gasteiger partial charge < -0.3 is 20.1 Å². The summed E-state index contributed by atoms with van der Waals surface area (Å²) in [5.74, 6) is 0.900. The van der Waals surface area contributed by atoms with E-state index >= 15 is 0 Å². The van der Waals surface area contributed by atoms with Gasteiger partial charge in [-0.15, -0.1) is 0 Å². The van der Waals surface area contributed by atoms with Crippen molar-refractivity contribution in [3.63, 3.8) is 0 Å². The molecule has 0 saturated carbocycles. The van der Waals surface area contributed by atoms with Gasteiger partial charge in [0.2, 0.25) is 0 Å². The molecule has 4 nitrogen and oxygen atoms in total. The monoisotopic (exact) mass is 278 g/mol. The summed E-state index contributed by atoms with van der Waals surface area (Å²) in [6.45, 7) is 6.45. The van der Waals surface area contributed by atoms with E-state index in [1.165, 1.54) is 18.4 Å². The molecule has 112 valence electrons. The first-order chi connectivity index (χ1) is 9.69. The Labute approximate surface area is 121 Å². The molecule has 1 aromatic carbocycles. The minimum atomic E-state index is -0.302. The lowest BCUT2D eigenvalue weighted by atomic mass is 10.1. The van der Waals surface area contributed by atoms with Gasteiger partial charge in [0.05, 0.1) is 13.2 Å². The number of ether oxygens (including phenoxy) is 1. The molecule has 1 atom stereocenters. The quantitative estimate of drug-likeness (QED) is 0.794. The first kappa shape index (κ1) is 15.3. The van der Waals surface area contributed by atoms with E-state index in [1.807, 2.05) is 12.1 Å². The summed E-state index contributed by atoms with van der Waals surface area (Å²) in [4.78, 5) is 2.33. The molecule has 1 saturated heterocycles. The van der Waals surface area contributed by atoms with Crippen molar-refractivity contribution in [2.45, 2.75) is 32.4 Å². The van der Waals surface area contributed by atoms with Gasteiger partial charge in [0.15, 0.2) is 0 Å². The van der Waals surface area contributed by atoms with Gasteiger partial charge in [0, 0.05) is 25.2 Å². The van der Waals surface area contributed by atoms with E-state index in [4.69, 9.17) is 4.74 Å². The van der Waals surface area contributed by atoms with E-state index in [9.17, 15) is 5.11 Å². The number of benzene rings is 1. The van der Waals surface area contributed by atoms with Gasteiger partial charge in [0.25, 0.3) is 0 Å². The molecular formula is C16H26N2O2. The second-order valence-electron chi connectivity index (χ2n) is 5.61. The smallest absolute Gasteiger partial charge is 0.123 e. The molecule has 2 N–H and O–H groups in total. The highest BCUT2D eigenvalue weighted by atomic mass is 16.5. The van der Waals surface area contributed by atoms with Crippen LogP contribution in [0.1, 0.15) is 24.0 Å². The number of β-amino-alcohol motifs (C(OH)–C–C–N with tert-alkyl or cyclic N) is 1. The van der Waals surface area contributed by atoms with Crippen molar-refractivity contribution in [2.24, 2.45) is 0 Å². The lowest BCUT2D eigenvalue weighted by molar-refractivity contribution is 0.123. The van der Waals surface area contributed by atoms with Crippen LogP contribution in [0.5, 0.6) is 5.75 Å². The molecule has 0 amide bonds. The molecule has 1 fully saturated rings. The zero-order valence-electron chi connectivity index (χ0n) is 12.6. The van der Waals surface area contributed by atoms with Crippen LogP contribution in [0, 0.1) is 6.92 Å². The van der Waals surface area contributed by atoms with Crippen molar-refractivity contribution in [3.8, 4) is 5.75 Å². The number of aliphatic hydroxyl groups is 1. The van der Waals surface area contributed by atoms with Gasteiger partial charge in [-0.3, -0.25) is 0 Å². The van der Waals surface area contributed by atoms with Crippen LogP contribution in [-0.4, -0.2) is 49.4 Å².